The molecule has 5 heteroatoms. The maximum absolute atomic E-state index is 11.2. The van der Waals surface area contributed by atoms with Crippen LogP contribution in [0.3, 0.4) is 0 Å². The number of aromatic hydroxyl groups is 1. The van der Waals surface area contributed by atoms with Gasteiger partial charge in [0.2, 0.25) is 0 Å². The van der Waals surface area contributed by atoms with Gasteiger partial charge in [0, 0.05) is 12.4 Å². The second kappa shape index (κ2) is 2.98. The molecule has 78 valence electrons. The van der Waals surface area contributed by atoms with E-state index in [1.807, 2.05) is 6.92 Å². The minimum Gasteiger partial charge on any atom is -0.508 e. The number of phenolic OH excluding ortho intramolecular Hbond substituents is 1. The lowest BCUT2D eigenvalue weighted by Crippen LogP contribution is -2.12. The van der Waals surface area contributed by atoms with E-state index in [0.29, 0.717) is 5.52 Å². The monoisotopic (exact) mass is 205 g/mol. The summed E-state index contributed by atoms with van der Waals surface area (Å²) in [5.41, 5.74) is 6.93. The highest BCUT2D eigenvalue weighted by Crippen LogP contribution is 2.26. The third-order valence-corrected chi connectivity index (χ3v) is 2.37. The summed E-state index contributed by atoms with van der Waals surface area (Å²) in [5, 5.41) is 14.4. The summed E-state index contributed by atoms with van der Waals surface area (Å²) in [6, 6.07) is 2.93. The van der Waals surface area contributed by atoms with Crippen molar-refractivity contribution < 1.29 is 9.90 Å². The van der Waals surface area contributed by atoms with E-state index in [0.717, 1.165) is 11.1 Å². The average molecular weight is 205 g/mol. The summed E-state index contributed by atoms with van der Waals surface area (Å²) < 4.78 is 1.59. The fourth-order valence-corrected chi connectivity index (χ4v) is 1.76. The van der Waals surface area contributed by atoms with E-state index >= 15 is 0 Å². The van der Waals surface area contributed by atoms with Crippen LogP contribution in [0.5, 0.6) is 5.75 Å². The second-order valence-corrected chi connectivity index (χ2v) is 3.46. The van der Waals surface area contributed by atoms with Crippen molar-refractivity contribution in [1.82, 2.24) is 9.78 Å². The molecule has 2 rings (SSSR count). The van der Waals surface area contributed by atoms with Crippen LogP contribution in [0.15, 0.2) is 12.1 Å². The zero-order chi connectivity index (χ0) is 11.2. The van der Waals surface area contributed by atoms with Gasteiger partial charge >= 0.3 is 0 Å². The highest BCUT2D eigenvalue weighted by molar-refractivity contribution is 6.06. The number of nitrogens with zero attached hydrogens (tertiary/aromatic N) is 2. The predicted octanol–water partition coefficient (Wildman–Crippen LogP) is 0.686. The number of rotatable bonds is 1. The van der Waals surface area contributed by atoms with Gasteiger partial charge in [0.25, 0.3) is 5.91 Å². The third kappa shape index (κ3) is 1.32. The minimum absolute atomic E-state index is 0.0207. The molecule has 1 aromatic heterocycles. The van der Waals surface area contributed by atoms with Crippen molar-refractivity contribution in [3.05, 3.63) is 23.4 Å². The molecule has 1 amide bonds. The zero-order valence-corrected chi connectivity index (χ0v) is 8.48. The van der Waals surface area contributed by atoms with Crippen molar-refractivity contribution in [2.24, 2.45) is 12.8 Å². The van der Waals surface area contributed by atoms with Crippen LogP contribution in [0.4, 0.5) is 0 Å². The second-order valence-electron chi connectivity index (χ2n) is 3.46. The molecule has 0 aliphatic carbocycles. The molecule has 0 bridgehead atoms. The van der Waals surface area contributed by atoms with Gasteiger partial charge in [0.1, 0.15) is 5.75 Å². The molecule has 1 aromatic carbocycles. The fourth-order valence-electron chi connectivity index (χ4n) is 1.76. The van der Waals surface area contributed by atoms with Crippen molar-refractivity contribution in [3.63, 3.8) is 0 Å². The molecule has 2 aromatic rings. The van der Waals surface area contributed by atoms with Gasteiger partial charge in [-0.3, -0.25) is 9.48 Å². The number of phenols is 1. The smallest absolute Gasteiger partial charge is 0.251 e. The Morgan fingerprint density at radius 1 is 1.53 bits per heavy atom. The number of carbonyl (C=O) groups is 1. The molecule has 5 nitrogen and oxygen atoms in total. The molecular weight excluding hydrogens is 194 g/mol. The van der Waals surface area contributed by atoms with E-state index in [1.165, 1.54) is 6.07 Å². The van der Waals surface area contributed by atoms with E-state index < -0.39 is 5.91 Å². The summed E-state index contributed by atoms with van der Waals surface area (Å²) in [5.74, 6) is -0.550. The largest absolute Gasteiger partial charge is 0.508 e. The highest BCUT2D eigenvalue weighted by atomic mass is 16.3. The number of primary amides is 1. The van der Waals surface area contributed by atoms with Gasteiger partial charge in [-0.05, 0) is 19.1 Å². The van der Waals surface area contributed by atoms with Crippen LogP contribution in [-0.2, 0) is 7.05 Å². The molecule has 0 aliphatic heterocycles. The molecule has 0 radical (unpaired) electrons. The van der Waals surface area contributed by atoms with Crippen LogP contribution in [0, 0.1) is 6.92 Å². The van der Waals surface area contributed by atoms with Gasteiger partial charge in [-0.1, -0.05) is 0 Å². The molecular formula is C10H11N3O2. The Bertz CT molecular complexity index is 557. The first-order chi connectivity index (χ1) is 7.00. The van der Waals surface area contributed by atoms with E-state index in [2.05, 4.69) is 5.10 Å². The predicted molar refractivity (Wildman–Crippen MR) is 55.6 cm³/mol. The molecule has 0 spiro atoms. The Labute approximate surface area is 86.1 Å². The van der Waals surface area contributed by atoms with Crippen LogP contribution < -0.4 is 5.73 Å². The van der Waals surface area contributed by atoms with Gasteiger partial charge in [0.05, 0.1) is 16.8 Å². The molecule has 15 heavy (non-hydrogen) atoms. The van der Waals surface area contributed by atoms with Crippen molar-refractivity contribution in [3.8, 4) is 5.75 Å². The summed E-state index contributed by atoms with van der Waals surface area (Å²) in [4.78, 5) is 11.2. The van der Waals surface area contributed by atoms with Crippen LogP contribution in [-0.4, -0.2) is 20.8 Å². The molecule has 0 atom stereocenters. The Balaban J connectivity index is 2.96. The summed E-state index contributed by atoms with van der Waals surface area (Å²) >= 11 is 0. The Morgan fingerprint density at radius 3 is 2.80 bits per heavy atom. The first-order valence-electron chi connectivity index (χ1n) is 4.47. The standard InChI is InChI=1S/C10H11N3O2/c1-5-7-3-6(14)4-8(10(11)15)9(7)13(2)12-5/h3-4,14H,1-2H3,(H2,11,15). The summed E-state index contributed by atoms with van der Waals surface area (Å²) in [6.07, 6.45) is 0. The number of hydrogen-bond donors (Lipinski definition) is 2. The van der Waals surface area contributed by atoms with Gasteiger partial charge in [-0.2, -0.15) is 5.10 Å². The zero-order valence-electron chi connectivity index (χ0n) is 8.48. The first kappa shape index (κ1) is 9.51. The van der Waals surface area contributed by atoms with Crippen molar-refractivity contribution in [2.45, 2.75) is 6.92 Å². The lowest BCUT2D eigenvalue weighted by atomic mass is 10.1. The van der Waals surface area contributed by atoms with Crippen molar-refractivity contribution >= 4 is 16.8 Å². The number of benzene rings is 1. The number of fused-ring (bicyclic) bond motifs is 1. The normalized spacial score (nSPS) is 10.8. The topological polar surface area (TPSA) is 81.1 Å². The van der Waals surface area contributed by atoms with Crippen LogP contribution in [0.2, 0.25) is 0 Å². The van der Waals surface area contributed by atoms with Gasteiger partial charge in [-0.15, -0.1) is 0 Å². The van der Waals surface area contributed by atoms with Gasteiger partial charge in [-0.25, -0.2) is 0 Å². The van der Waals surface area contributed by atoms with Crippen LogP contribution in [0.25, 0.3) is 10.9 Å². The van der Waals surface area contributed by atoms with E-state index in [1.54, 1.807) is 17.8 Å². The Hall–Kier alpha value is -2.04. The lowest BCUT2D eigenvalue weighted by molar-refractivity contribution is 0.100. The third-order valence-electron chi connectivity index (χ3n) is 2.37. The van der Waals surface area contributed by atoms with E-state index in [-0.39, 0.29) is 11.3 Å². The number of amides is 1. The summed E-state index contributed by atoms with van der Waals surface area (Å²) in [7, 11) is 1.73. The van der Waals surface area contributed by atoms with E-state index in [9.17, 15) is 9.90 Å². The van der Waals surface area contributed by atoms with E-state index in [4.69, 9.17) is 5.73 Å². The number of hydrogen-bond acceptors (Lipinski definition) is 3. The molecule has 0 saturated heterocycles. The van der Waals surface area contributed by atoms with Crippen LogP contribution in [0.1, 0.15) is 16.1 Å². The number of aryl methyl sites for hydroxylation is 2. The van der Waals surface area contributed by atoms with Crippen LogP contribution >= 0.6 is 0 Å². The molecule has 3 N–H and O–H groups in total. The Kier molecular flexibility index (Phi) is 1.89. The molecule has 0 unspecified atom stereocenters. The number of aromatic nitrogens is 2. The maximum Gasteiger partial charge on any atom is 0.251 e. The number of nitrogens with two attached hydrogens (primary N) is 1. The van der Waals surface area contributed by atoms with Gasteiger partial charge in [0.15, 0.2) is 0 Å². The molecule has 0 aliphatic rings. The Morgan fingerprint density at radius 2 is 2.20 bits per heavy atom. The first-order valence-corrected chi connectivity index (χ1v) is 4.47. The maximum atomic E-state index is 11.2. The highest BCUT2D eigenvalue weighted by Gasteiger charge is 2.14. The number of carbonyl (C=O) groups excluding carboxylic acids is 1. The van der Waals surface area contributed by atoms with Gasteiger partial charge < -0.3 is 10.8 Å². The van der Waals surface area contributed by atoms with Crippen molar-refractivity contribution in [1.29, 1.82) is 0 Å². The molecule has 0 fully saturated rings. The lowest BCUT2D eigenvalue weighted by Gasteiger charge is -2.02. The molecule has 0 saturated carbocycles. The summed E-state index contributed by atoms with van der Waals surface area (Å²) in [6.45, 7) is 1.81. The fraction of sp³-hybridized carbons (Fsp3) is 0.200. The molecule has 1 heterocycles. The van der Waals surface area contributed by atoms with Crippen molar-refractivity contribution in [2.75, 3.05) is 0 Å². The SMILES string of the molecule is Cc1nn(C)c2c(C(N)=O)cc(O)cc12. The quantitative estimate of drug-likeness (QED) is 0.718. The minimum atomic E-state index is -0.570. The average Bonchev–Trinajstić information content (AvgIpc) is 2.41.